The van der Waals surface area contributed by atoms with E-state index in [2.05, 4.69) is 29.1 Å². The monoisotopic (exact) mass is 286 g/mol. The first kappa shape index (κ1) is 15.2. The Morgan fingerprint density at radius 3 is 2.81 bits per heavy atom. The third kappa shape index (κ3) is 4.70. The van der Waals surface area contributed by atoms with Crippen LogP contribution in [0.3, 0.4) is 0 Å². The van der Waals surface area contributed by atoms with Gasteiger partial charge in [0.25, 0.3) is 0 Å². The molecule has 0 spiro atoms. The highest BCUT2D eigenvalue weighted by Gasteiger charge is 2.20. The molecule has 0 aliphatic rings. The highest BCUT2D eigenvalue weighted by Crippen LogP contribution is 2.17. The maximum Gasteiger partial charge on any atom is 0.243 e. The summed E-state index contributed by atoms with van der Waals surface area (Å²) in [5.74, 6) is 0.483. The molecule has 1 atom stereocenters. The summed E-state index contributed by atoms with van der Waals surface area (Å²) in [4.78, 5) is 20.7. The average Bonchev–Trinajstić information content (AvgIpc) is 2.99. The number of nitrogens with zero attached hydrogens (tertiary/aromatic N) is 3. The van der Waals surface area contributed by atoms with Crippen LogP contribution in [0, 0.1) is 5.92 Å². The van der Waals surface area contributed by atoms with Gasteiger partial charge in [-0.2, -0.15) is 0 Å². The Morgan fingerprint density at radius 1 is 1.33 bits per heavy atom. The fraction of sp³-hybridized carbons (Fsp3) is 0.438. The van der Waals surface area contributed by atoms with E-state index >= 15 is 0 Å². The van der Waals surface area contributed by atoms with Crippen molar-refractivity contribution in [3.63, 3.8) is 0 Å². The molecule has 2 rings (SSSR count). The van der Waals surface area contributed by atoms with Gasteiger partial charge in [-0.25, -0.2) is 4.98 Å². The number of rotatable bonds is 7. The Kier molecular flexibility index (Phi) is 5.49. The molecule has 21 heavy (non-hydrogen) atoms. The topological polar surface area (TPSA) is 59.8 Å². The number of pyridine rings is 1. The van der Waals surface area contributed by atoms with Crippen molar-refractivity contribution in [2.75, 3.05) is 6.54 Å². The molecule has 112 valence electrons. The lowest BCUT2D eigenvalue weighted by molar-refractivity contribution is -0.124. The molecule has 0 saturated heterocycles. The Balaban J connectivity index is 1.90. The summed E-state index contributed by atoms with van der Waals surface area (Å²) in [6.07, 6.45) is 8.55. The molecule has 0 aliphatic heterocycles. The smallest absolute Gasteiger partial charge is 0.243 e. The van der Waals surface area contributed by atoms with Gasteiger partial charge in [0.05, 0.1) is 6.33 Å². The van der Waals surface area contributed by atoms with Gasteiger partial charge in [-0.1, -0.05) is 19.9 Å². The second-order valence-electron chi connectivity index (χ2n) is 5.52. The maximum atomic E-state index is 12.4. The predicted molar refractivity (Wildman–Crippen MR) is 81.7 cm³/mol. The summed E-state index contributed by atoms with van der Waals surface area (Å²) in [6, 6.07) is 5.61. The van der Waals surface area contributed by atoms with Crippen LogP contribution in [0.25, 0.3) is 0 Å². The van der Waals surface area contributed by atoms with E-state index in [1.807, 2.05) is 29.0 Å². The number of carbonyl (C=O) groups excluding carboxylic acids is 1. The van der Waals surface area contributed by atoms with Crippen LogP contribution in [0.4, 0.5) is 0 Å². The third-order valence-corrected chi connectivity index (χ3v) is 3.29. The molecule has 0 saturated carbocycles. The Labute approximate surface area is 125 Å². The highest BCUT2D eigenvalue weighted by molar-refractivity contribution is 5.80. The molecule has 0 aliphatic carbocycles. The number of hydrogen-bond acceptors (Lipinski definition) is 3. The highest BCUT2D eigenvalue weighted by atomic mass is 16.2. The molecule has 1 amide bonds. The van der Waals surface area contributed by atoms with E-state index in [9.17, 15) is 4.79 Å². The number of amides is 1. The van der Waals surface area contributed by atoms with Crippen molar-refractivity contribution in [3.05, 3.63) is 48.8 Å². The minimum atomic E-state index is -0.198. The van der Waals surface area contributed by atoms with E-state index in [1.165, 1.54) is 0 Å². The van der Waals surface area contributed by atoms with E-state index in [4.69, 9.17) is 0 Å². The molecule has 0 fully saturated rings. The van der Waals surface area contributed by atoms with Gasteiger partial charge >= 0.3 is 0 Å². The van der Waals surface area contributed by atoms with Crippen LogP contribution < -0.4 is 5.32 Å². The predicted octanol–water partition coefficient (Wildman–Crippen LogP) is 2.22. The summed E-state index contributed by atoms with van der Waals surface area (Å²) in [5.41, 5.74) is 0.987. The van der Waals surface area contributed by atoms with Crippen LogP contribution in [0.2, 0.25) is 0 Å². The first-order chi connectivity index (χ1) is 10.2. The molecule has 0 bridgehead atoms. The number of nitrogens with one attached hydrogen (secondary N) is 1. The van der Waals surface area contributed by atoms with Crippen molar-refractivity contribution in [2.24, 2.45) is 5.92 Å². The molecule has 0 radical (unpaired) electrons. The van der Waals surface area contributed by atoms with Crippen LogP contribution in [-0.2, 0) is 11.2 Å². The molecule has 0 aromatic carbocycles. The van der Waals surface area contributed by atoms with Gasteiger partial charge in [0.1, 0.15) is 6.04 Å². The van der Waals surface area contributed by atoms with Gasteiger partial charge in [0.15, 0.2) is 0 Å². The van der Waals surface area contributed by atoms with Crippen molar-refractivity contribution < 1.29 is 4.79 Å². The first-order valence-corrected chi connectivity index (χ1v) is 7.32. The van der Waals surface area contributed by atoms with E-state index in [-0.39, 0.29) is 11.9 Å². The summed E-state index contributed by atoms with van der Waals surface area (Å²) >= 11 is 0. The normalized spacial score (nSPS) is 12.3. The van der Waals surface area contributed by atoms with Gasteiger partial charge in [-0.05, 0) is 24.5 Å². The molecule has 5 nitrogen and oxygen atoms in total. The maximum absolute atomic E-state index is 12.4. The summed E-state index contributed by atoms with van der Waals surface area (Å²) < 4.78 is 1.87. The lowest BCUT2D eigenvalue weighted by atomic mass is 10.0. The minimum Gasteiger partial charge on any atom is -0.354 e. The fourth-order valence-corrected chi connectivity index (χ4v) is 2.24. The van der Waals surface area contributed by atoms with Crippen LogP contribution in [0.1, 0.15) is 32.0 Å². The summed E-state index contributed by atoms with van der Waals surface area (Å²) in [7, 11) is 0. The van der Waals surface area contributed by atoms with Gasteiger partial charge in [-0.3, -0.25) is 9.78 Å². The average molecular weight is 286 g/mol. The summed E-state index contributed by atoms with van der Waals surface area (Å²) in [6.45, 7) is 4.83. The van der Waals surface area contributed by atoms with E-state index in [0.29, 0.717) is 12.5 Å². The van der Waals surface area contributed by atoms with Gasteiger partial charge in [-0.15, -0.1) is 0 Å². The lowest BCUT2D eigenvalue weighted by Crippen LogP contribution is -2.34. The molecule has 5 heteroatoms. The van der Waals surface area contributed by atoms with Crippen LogP contribution in [-0.4, -0.2) is 27.0 Å². The molecular formula is C16H22N4O. The zero-order valence-electron chi connectivity index (χ0n) is 12.6. The zero-order valence-corrected chi connectivity index (χ0v) is 12.6. The second-order valence-corrected chi connectivity index (χ2v) is 5.52. The van der Waals surface area contributed by atoms with Gasteiger partial charge in [0, 0.05) is 37.3 Å². The van der Waals surface area contributed by atoms with Gasteiger partial charge in [0.2, 0.25) is 5.91 Å². The Morgan fingerprint density at radius 2 is 2.19 bits per heavy atom. The van der Waals surface area contributed by atoms with Crippen molar-refractivity contribution in [3.8, 4) is 0 Å². The van der Waals surface area contributed by atoms with Crippen molar-refractivity contribution in [2.45, 2.75) is 32.7 Å². The quantitative estimate of drug-likeness (QED) is 0.849. The number of aromatic nitrogens is 3. The van der Waals surface area contributed by atoms with E-state index in [1.54, 1.807) is 18.7 Å². The first-order valence-electron chi connectivity index (χ1n) is 7.32. The molecule has 1 N–H and O–H groups in total. The number of carbonyl (C=O) groups is 1. The molecule has 1 unspecified atom stereocenters. The third-order valence-electron chi connectivity index (χ3n) is 3.29. The number of imidazole rings is 1. The van der Waals surface area contributed by atoms with Crippen LogP contribution in [0.15, 0.2) is 43.1 Å². The van der Waals surface area contributed by atoms with E-state index in [0.717, 1.165) is 18.5 Å². The molecule has 2 aromatic heterocycles. The SMILES string of the molecule is CC(C)CC(C(=O)NCCc1ccccn1)n1ccnc1. The minimum absolute atomic E-state index is 0.0395. The lowest BCUT2D eigenvalue weighted by Gasteiger charge is -2.19. The molecular weight excluding hydrogens is 264 g/mol. The Hall–Kier alpha value is -2.17. The standard InChI is InChI=1S/C16H22N4O/c1-13(2)11-15(20-10-9-17-12-20)16(21)19-8-6-14-5-3-4-7-18-14/h3-5,7,9-10,12-13,15H,6,8,11H2,1-2H3,(H,19,21). The fourth-order valence-electron chi connectivity index (χ4n) is 2.24. The van der Waals surface area contributed by atoms with E-state index < -0.39 is 0 Å². The molecule has 2 aromatic rings. The van der Waals surface area contributed by atoms with Gasteiger partial charge < -0.3 is 9.88 Å². The van der Waals surface area contributed by atoms with Crippen molar-refractivity contribution in [1.82, 2.24) is 19.9 Å². The zero-order chi connectivity index (χ0) is 15.1. The van der Waals surface area contributed by atoms with Crippen LogP contribution in [0.5, 0.6) is 0 Å². The van der Waals surface area contributed by atoms with Crippen molar-refractivity contribution >= 4 is 5.91 Å². The van der Waals surface area contributed by atoms with Crippen molar-refractivity contribution in [1.29, 1.82) is 0 Å². The largest absolute Gasteiger partial charge is 0.354 e. The van der Waals surface area contributed by atoms with Crippen LogP contribution >= 0.6 is 0 Å². The molecule has 2 heterocycles. The second kappa shape index (κ2) is 7.57. The number of hydrogen-bond donors (Lipinski definition) is 1. The summed E-state index contributed by atoms with van der Waals surface area (Å²) in [5, 5.41) is 3.00. The Bertz CT molecular complexity index is 537.